The van der Waals surface area contributed by atoms with Crippen LogP contribution in [0.3, 0.4) is 0 Å². The second kappa shape index (κ2) is 15.5. The van der Waals surface area contributed by atoms with Crippen molar-refractivity contribution in [3.05, 3.63) is 0 Å². The molecule has 0 radical (unpaired) electrons. The molecule has 4 atom stereocenters. The van der Waals surface area contributed by atoms with Crippen LogP contribution in [0.25, 0.3) is 0 Å². The molecule has 3 amide bonds. The van der Waals surface area contributed by atoms with Crippen LogP contribution >= 0.6 is 0 Å². The Hall–Kier alpha value is -3.46. The van der Waals surface area contributed by atoms with Crippen molar-refractivity contribution >= 4 is 35.6 Å². The number of nitrogens with zero attached hydrogens (tertiary/aromatic N) is 2. The van der Waals surface area contributed by atoms with Gasteiger partial charge >= 0.3 is 11.9 Å². The molecule has 1 saturated heterocycles. The van der Waals surface area contributed by atoms with E-state index in [1.165, 1.54) is 4.90 Å². The van der Waals surface area contributed by atoms with E-state index < -0.39 is 60.2 Å². The van der Waals surface area contributed by atoms with Crippen molar-refractivity contribution in [2.24, 2.45) is 27.9 Å². The van der Waals surface area contributed by atoms with Gasteiger partial charge in [-0.05, 0) is 51.5 Å². The van der Waals surface area contributed by atoms with Crippen LogP contribution in [0, 0.1) is 0 Å². The summed E-state index contributed by atoms with van der Waals surface area (Å²) >= 11 is 0. The molecular formula is C21H38N8O7. The third kappa shape index (κ3) is 10.4. The second-order valence-electron chi connectivity index (χ2n) is 8.59. The molecule has 0 spiro atoms. The Labute approximate surface area is 209 Å². The number of aliphatic imine (C=N–C) groups is 1. The summed E-state index contributed by atoms with van der Waals surface area (Å²) in [5.41, 5.74) is 21.6. The summed E-state index contributed by atoms with van der Waals surface area (Å²) in [5.74, 6) is -4.56. The molecule has 12 N–H and O–H groups in total. The van der Waals surface area contributed by atoms with Crippen molar-refractivity contribution in [2.45, 2.75) is 75.5 Å². The minimum absolute atomic E-state index is 0.0811. The average Bonchev–Trinajstić information content (AvgIpc) is 3.29. The first-order valence-corrected chi connectivity index (χ1v) is 11.8. The number of amides is 3. The zero-order chi connectivity index (χ0) is 27.3. The number of likely N-dealkylation sites (tertiary alicyclic amines) is 1. The fourth-order valence-electron chi connectivity index (χ4n) is 3.84. The van der Waals surface area contributed by atoms with Crippen LogP contribution in [0.4, 0.5) is 0 Å². The van der Waals surface area contributed by atoms with Gasteiger partial charge in [-0.2, -0.15) is 0 Å². The van der Waals surface area contributed by atoms with Gasteiger partial charge in [0.15, 0.2) is 5.96 Å². The number of hydrogen-bond acceptors (Lipinski definition) is 8. The predicted molar refractivity (Wildman–Crippen MR) is 129 cm³/mol. The molecule has 0 aliphatic carbocycles. The molecule has 0 bridgehead atoms. The number of guanidine groups is 1. The average molecular weight is 515 g/mol. The Morgan fingerprint density at radius 2 is 1.67 bits per heavy atom. The molecule has 1 fully saturated rings. The van der Waals surface area contributed by atoms with Crippen LogP contribution in [0.5, 0.6) is 0 Å². The fraction of sp³-hybridized carbons (Fsp3) is 0.714. The highest BCUT2D eigenvalue weighted by atomic mass is 16.4. The van der Waals surface area contributed by atoms with E-state index in [0.29, 0.717) is 38.6 Å². The Bertz CT molecular complexity index is 818. The summed E-state index contributed by atoms with van der Waals surface area (Å²) in [4.78, 5) is 66.2. The van der Waals surface area contributed by atoms with Crippen LogP contribution in [0.2, 0.25) is 0 Å². The van der Waals surface area contributed by atoms with Crippen molar-refractivity contribution in [3.63, 3.8) is 0 Å². The van der Waals surface area contributed by atoms with Crippen molar-refractivity contribution in [1.29, 1.82) is 0 Å². The summed E-state index contributed by atoms with van der Waals surface area (Å²) in [6.45, 7) is 0.815. The van der Waals surface area contributed by atoms with Gasteiger partial charge in [-0.1, -0.05) is 0 Å². The molecule has 0 saturated carbocycles. The number of carboxylic acids is 2. The van der Waals surface area contributed by atoms with E-state index in [9.17, 15) is 29.1 Å². The molecule has 204 valence electrons. The van der Waals surface area contributed by atoms with E-state index in [1.807, 2.05) is 0 Å². The van der Waals surface area contributed by atoms with Gasteiger partial charge in [-0.15, -0.1) is 0 Å². The molecule has 4 unspecified atom stereocenters. The number of rotatable bonds is 16. The number of nitrogens with one attached hydrogen (secondary N) is 2. The lowest BCUT2D eigenvalue weighted by Gasteiger charge is -2.30. The fourth-order valence-corrected chi connectivity index (χ4v) is 3.84. The van der Waals surface area contributed by atoms with Gasteiger partial charge in [0, 0.05) is 13.1 Å². The van der Waals surface area contributed by atoms with Crippen molar-refractivity contribution < 1.29 is 34.2 Å². The van der Waals surface area contributed by atoms with E-state index in [4.69, 9.17) is 28.0 Å². The van der Waals surface area contributed by atoms with Gasteiger partial charge in [0.1, 0.15) is 18.1 Å². The Morgan fingerprint density at radius 3 is 2.25 bits per heavy atom. The number of carboxylic acid groups (broad SMARTS) is 2. The van der Waals surface area contributed by atoms with Gasteiger partial charge in [-0.25, -0.2) is 4.79 Å². The largest absolute Gasteiger partial charge is 0.481 e. The zero-order valence-electron chi connectivity index (χ0n) is 20.2. The number of nitrogens with two attached hydrogens (primary N) is 4. The lowest BCUT2D eigenvalue weighted by Crippen LogP contribution is -2.56. The molecule has 1 aliphatic heterocycles. The van der Waals surface area contributed by atoms with Gasteiger partial charge in [0.05, 0.1) is 12.5 Å². The Kier molecular flexibility index (Phi) is 13.2. The Balaban J connectivity index is 2.90. The summed E-state index contributed by atoms with van der Waals surface area (Å²) in [6.07, 6.45) is 1.92. The summed E-state index contributed by atoms with van der Waals surface area (Å²) in [5, 5.41) is 23.3. The molecule has 1 rings (SSSR count). The van der Waals surface area contributed by atoms with Crippen LogP contribution in [0.1, 0.15) is 51.4 Å². The third-order valence-corrected chi connectivity index (χ3v) is 5.69. The van der Waals surface area contributed by atoms with E-state index >= 15 is 0 Å². The highest BCUT2D eigenvalue weighted by Gasteiger charge is 2.39. The number of unbranched alkanes of at least 4 members (excludes halogenated alkanes) is 1. The molecule has 15 heteroatoms. The number of carbonyl (C=O) groups is 5. The number of hydrogen-bond donors (Lipinski definition) is 8. The van der Waals surface area contributed by atoms with Crippen molar-refractivity contribution in [1.82, 2.24) is 15.5 Å². The monoisotopic (exact) mass is 514 g/mol. The smallest absolute Gasteiger partial charge is 0.326 e. The summed E-state index contributed by atoms with van der Waals surface area (Å²) in [6, 6.07) is -4.50. The Morgan fingerprint density at radius 1 is 1.00 bits per heavy atom. The first-order valence-electron chi connectivity index (χ1n) is 11.8. The van der Waals surface area contributed by atoms with E-state index in [1.54, 1.807) is 0 Å². The molecule has 1 heterocycles. The normalized spacial score (nSPS) is 17.5. The quantitative estimate of drug-likeness (QED) is 0.0584. The first kappa shape index (κ1) is 30.6. The first-order chi connectivity index (χ1) is 17.0. The van der Waals surface area contributed by atoms with Gasteiger partial charge in [0.2, 0.25) is 17.7 Å². The van der Waals surface area contributed by atoms with E-state index in [2.05, 4.69) is 15.6 Å². The molecule has 0 aromatic carbocycles. The van der Waals surface area contributed by atoms with Crippen LogP contribution in [0.15, 0.2) is 4.99 Å². The topological polar surface area (TPSA) is 270 Å². The number of carbonyl (C=O) groups excluding carboxylic acids is 3. The maximum Gasteiger partial charge on any atom is 0.326 e. The lowest BCUT2D eigenvalue weighted by atomic mass is 10.1. The number of aliphatic carboxylic acids is 2. The minimum Gasteiger partial charge on any atom is -0.481 e. The van der Waals surface area contributed by atoms with Crippen LogP contribution in [-0.2, 0) is 24.0 Å². The van der Waals surface area contributed by atoms with Crippen molar-refractivity contribution in [3.8, 4) is 0 Å². The highest BCUT2D eigenvalue weighted by Crippen LogP contribution is 2.20. The lowest BCUT2D eigenvalue weighted by molar-refractivity contribution is -0.145. The zero-order valence-corrected chi connectivity index (χ0v) is 20.2. The molecular weight excluding hydrogens is 476 g/mol. The van der Waals surface area contributed by atoms with Gasteiger partial charge < -0.3 is 48.7 Å². The molecule has 15 nitrogen and oxygen atoms in total. The highest BCUT2D eigenvalue weighted by molar-refractivity contribution is 5.95. The maximum absolute atomic E-state index is 13.3. The molecule has 36 heavy (non-hydrogen) atoms. The predicted octanol–water partition coefficient (Wildman–Crippen LogP) is -2.98. The third-order valence-electron chi connectivity index (χ3n) is 5.69. The van der Waals surface area contributed by atoms with E-state index in [0.717, 1.165) is 0 Å². The van der Waals surface area contributed by atoms with Crippen molar-refractivity contribution in [2.75, 3.05) is 19.6 Å². The second-order valence-corrected chi connectivity index (χ2v) is 8.59. The summed E-state index contributed by atoms with van der Waals surface area (Å²) < 4.78 is 0. The van der Waals surface area contributed by atoms with Crippen LogP contribution in [-0.4, -0.2) is 94.5 Å². The van der Waals surface area contributed by atoms with Crippen LogP contribution < -0.4 is 33.6 Å². The van der Waals surface area contributed by atoms with E-state index in [-0.39, 0.29) is 31.9 Å². The van der Waals surface area contributed by atoms with Gasteiger partial charge in [-0.3, -0.25) is 24.2 Å². The van der Waals surface area contributed by atoms with Gasteiger partial charge in [0.25, 0.3) is 0 Å². The SMILES string of the molecule is NCCCCC(NC(=O)C(N)CC(=O)O)C(=O)N1CCCC1C(=O)NC(CCCN=C(N)N)C(=O)O. The molecule has 0 aromatic rings. The maximum atomic E-state index is 13.3. The molecule has 1 aliphatic rings. The molecule has 0 aromatic heterocycles. The minimum atomic E-state index is -1.35. The summed E-state index contributed by atoms with van der Waals surface area (Å²) in [7, 11) is 0. The standard InChI is InChI=1S/C21H38N8O7/c22-8-2-1-5-13(27-17(32)12(23)11-16(30)31)19(34)29-10-4-7-15(29)18(33)28-14(20(35)36)6-3-9-26-21(24)25/h12-15H,1-11,22-23H2,(H,27,32)(H,28,33)(H,30,31)(H,35,36)(H4,24,25,26).